The number of fused-ring (bicyclic) bond motifs is 1. The lowest BCUT2D eigenvalue weighted by molar-refractivity contribution is -0.148. The van der Waals surface area contributed by atoms with Crippen LogP contribution in [0.25, 0.3) is 22.4 Å². The second-order valence-electron chi connectivity index (χ2n) is 9.92. The molecule has 2 aromatic heterocycles. The van der Waals surface area contributed by atoms with Crippen LogP contribution in [-0.2, 0) is 26.1 Å². The van der Waals surface area contributed by atoms with Crippen LogP contribution >= 0.6 is 0 Å². The molecule has 10 heteroatoms. The van der Waals surface area contributed by atoms with E-state index in [9.17, 15) is 9.59 Å². The number of pyridine rings is 1. The highest BCUT2D eigenvalue weighted by molar-refractivity contribution is 5.82. The number of ether oxygens (including phenoxy) is 4. The summed E-state index contributed by atoms with van der Waals surface area (Å²) in [6, 6.07) is 7.10. The fourth-order valence-electron chi connectivity index (χ4n) is 4.26. The first-order valence-corrected chi connectivity index (χ1v) is 12.9. The number of aryl methyl sites for hydroxylation is 2. The van der Waals surface area contributed by atoms with E-state index in [-0.39, 0.29) is 30.1 Å². The Balaban J connectivity index is 1.78. The van der Waals surface area contributed by atoms with Gasteiger partial charge in [0.1, 0.15) is 24.2 Å². The van der Waals surface area contributed by atoms with Gasteiger partial charge in [0.15, 0.2) is 0 Å². The third-order valence-corrected chi connectivity index (χ3v) is 6.07. The third kappa shape index (κ3) is 7.21. The Kier molecular flexibility index (Phi) is 10.5. The summed E-state index contributed by atoms with van der Waals surface area (Å²) >= 11 is 0. The third-order valence-electron chi connectivity index (χ3n) is 6.07. The van der Waals surface area contributed by atoms with Gasteiger partial charge < -0.3 is 28.1 Å². The molecule has 208 valence electrons. The molecule has 0 spiro atoms. The van der Waals surface area contributed by atoms with Gasteiger partial charge in [-0.25, -0.2) is 4.98 Å². The monoisotopic (exact) mass is 528 g/mol. The van der Waals surface area contributed by atoms with E-state index in [1.165, 1.54) is 0 Å². The number of imidazole rings is 1. The normalized spacial score (nSPS) is 13.2. The first kappa shape index (κ1) is 29.3. The fourth-order valence-corrected chi connectivity index (χ4v) is 4.26. The van der Waals surface area contributed by atoms with Crippen LogP contribution in [0.5, 0.6) is 5.75 Å². The van der Waals surface area contributed by atoms with E-state index in [0.29, 0.717) is 37.7 Å². The molecule has 0 aliphatic heterocycles. The lowest BCUT2D eigenvalue weighted by Gasteiger charge is -2.18. The highest BCUT2D eigenvalue weighted by Crippen LogP contribution is 2.30. The van der Waals surface area contributed by atoms with Crippen molar-refractivity contribution in [1.29, 1.82) is 0 Å². The Labute approximate surface area is 223 Å². The van der Waals surface area contributed by atoms with Crippen molar-refractivity contribution < 1.29 is 23.7 Å². The molecule has 2 unspecified atom stereocenters. The number of rotatable bonds is 14. The molecule has 0 aliphatic rings. The van der Waals surface area contributed by atoms with Gasteiger partial charge in [0.2, 0.25) is 0 Å². The number of aromatic nitrogens is 3. The van der Waals surface area contributed by atoms with Gasteiger partial charge in [-0.2, -0.15) is 0 Å². The van der Waals surface area contributed by atoms with E-state index in [4.69, 9.17) is 23.9 Å². The van der Waals surface area contributed by atoms with Crippen molar-refractivity contribution in [2.24, 2.45) is 13.0 Å². The minimum Gasteiger partial charge on any atom is -0.492 e. The first-order chi connectivity index (χ1) is 18.2. The van der Waals surface area contributed by atoms with Gasteiger partial charge in [-0.1, -0.05) is 13.8 Å². The van der Waals surface area contributed by atoms with Gasteiger partial charge in [-0.3, -0.25) is 14.9 Å². The number of benzene rings is 1. The topological polar surface area (TPSA) is 106 Å². The largest absolute Gasteiger partial charge is 0.492 e. The predicted molar refractivity (Wildman–Crippen MR) is 147 cm³/mol. The minimum absolute atomic E-state index is 0.0154. The van der Waals surface area contributed by atoms with Gasteiger partial charge in [-0.15, -0.1) is 0 Å². The van der Waals surface area contributed by atoms with Crippen LogP contribution in [0.1, 0.15) is 32.4 Å². The Hall–Kier alpha value is -3.21. The molecule has 10 nitrogen and oxygen atoms in total. The van der Waals surface area contributed by atoms with Crippen molar-refractivity contribution in [3.63, 3.8) is 0 Å². The Morgan fingerprint density at radius 1 is 1.08 bits per heavy atom. The highest BCUT2D eigenvalue weighted by Gasteiger charge is 2.21. The smallest absolute Gasteiger partial charge is 0.325 e. The van der Waals surface area contributed by atoms with Crippen LogP contribution in [0, 0.1) is 12.8 Å². The van der Waals surface area contributed by atoms with Crippen LogP contribution < -0.4 is 15.6 Å². The van der Waals surface area contributed by atoms with E-state index in [2.05, 4.69) is 16.8 Å². The molecular formula is C28H40N4O6. The predicted octanol–water partition coefficient (Wildman–Crippen LogP) is 3.10. The van der Waals surface area contributed by atoms with Crippen molar-refractivity contribution in [2.45, 2.75) is 39.8 Å². The van der Waals surface area contributed by atoms with Gasteiger partial charge in [0.05, 0.1) is 36.9 Å². The highest BCUT2D eigenvalue weighted by atomic mass is 16.5. The molecule has 0 radical (unpaired) electrons. The molecule has 0 bridgehead atoms. The van der Waals surface area contributed by atoms with Crippen molar-refractivity contribution in [1.82, 2.24) is 19.4 Å². The molecule has 0 saturated carbocycles. The maximum Gasteiger partial charge on any atom is 0.325 e. The number of hydrogen-bond donors (Lipinski definition) is 1. The quantitative estimate of drug-likeness (QED) is 0.251. The van der Waals surface area contributed by atoms with Gasteiger partial charge in [-0.05, 0) is 38.0 Å². The van der Waals surface area contributed by atoms with E-state index < -0.39 is 6.04 Å². The number of nitrogens with zero attached hydrogens (tertiary/aromatic N) is 3. The van der Waals surface area contributed by atoms with Crippen molar-refractivity contribution in [2.75, 3.05) is 47.2 Å². The summed E-state index contributed by atoms with van der Waals surface area (Å²) in [7, 11) is 4.96. The van der Waals surface area contributed by atoms with Crippen LogP contribution in [0.3, 0.4) is 0 Å². The molecule has 0 saturated heterocycles. The molecule has 2 heterocycles. The summed E-state index contributed by atoms with van der Waals surface area (Å²) in [5.74, 6) is 1.35. The fraction of sp³-hybridized carbons (Fsp3) is 0.536. The number of hydrogen-bond acceptors (Lipinski definition) is 8. The SMILES string of the molecule is COCC(NCCOc1ccc2c(c1)nc(-c1cc(C)c(=O)n(C)c1)n2C(C)COC)C(=O)OCC(C)C. The lowest BCUT2D eigenvalue weighted by Crippen LogP contribution is -2.43. The second-order valence-corrected chi connectivity index (χ2v) is 9.92. The maximum atomic E-state index is 12.3. The van der Waals surface area contributed by atoms with Crippen molar-refractivity contribution in [3.05, 3.63) is 46.4 Å². The molecule has 2 atom stereocenters. The zero-order valence-corrected chi connectivity index (χ0v) is 23.4. The average molecular weight is 529 g/mol. The van der Waals surface area contributed by atoms with Gasteiger partial charge in [0.25, 0.3) is 5.56 Å². The molecule has 3 rings (SSSR count). The standard InChI is InChI=1S/C28H40N4O6/c1-18(2)15-38-28(34)24(17-36-7)29-10-11-37-22-8-9-25-23(13-22)30-26(32(25)20(4)16-35-6)21-12-19(3)27(33)31(5)14-21/h8-9,12-14,18,20,24,29H,10-11,15-17H2,1-7H3. The Morgan fingerprint density at radius 3 is 2.47 bits per heavy atom. The zero-order chi connectivity index (χ0) is 27.8. The van der Waals surface area contributed by atoms with Crippen molar-refractivity contribution in [3.8, 4) is 17.1 Å². The number of carbonyl (C=O) groups excluding carboxylic acids is 1. The second kappa shape index (κ2) is 13.5. The number of carbonyl (C=O) groups is 1. The summed E-state index contributed by atoms with van der Waals surface area (Å²) in [5, 5.41) is 3.14. The summed E-state index contributed by atoms with van der Waals surface area (Å²) in [6.45, 7) is 9.73. The zero-order valence-electron chi connectivity index (χ0n) is 23.4. The van der Waals surface area contributed by atoms with Crippen molar-refractivity contribution >= 4 is 17.0 Å². The van der Waals surface area contributed by atoms with Crippen LogP contribution in [0.2, 0.25) is 0 Å². The molecule has 38 heavy (non-hydrogen) atoms. The van der Waals surface area contributed by atoms with E-state index in [1.807, 2.05) is 38.1 Å². The van der Waals surface area contributed by atoms with Crippen LogP contribution in [0.15, 0.2) is 35.3 Å². The molecule has 1 aromatic carbocycles. The van der Waals surface area contributed by atoms with Gasteiger partial charge >= 0.3 is 5.97 Å². The summed E-state index contributed by atoms with van der Waals surface area (Å²) < 4.78 is 25.6. The summed E-state index contributed by atoms with van der Waals surface area (Å²) in [5.41, 5.74) is 3.18. The Bertz CT molecular complexity index is 1260. The lowest BCUT2D eigenvalue weighted by atomic mass is 10.2. The molecule has 0 amide bonds. The molecule has 0 aliphatic carbocycles. The average Bonchev–Trinajstić information content (AvgIpc) is 3.26. The minimum atomic E-state index is -0.560. The number of esters is 1. The first-order valence-electron chi connectivity index (χ1n) is 12.9. The van der Waals surface area contributed by atoms with Gasteiger partial charge in [0, 0.05) is 51.2 Å². The Morgan fingerprint density at radius 2 is 1.82 bits per heavy atom. The van der Waals surface area contributed by atoms with E-state index in [1.54, 1.807) is 39.0 Å². The van der Waals surface area contributed by atoms with E-state index >= 15 is 0 Å². The van der Waals surface area contributed by atoms with Crippen LogP contribution in [-0.4, -0.2) is 73.3 Å². The number of methoxy groups -OCH3 is 2. The summed E-state index contributed by atoms with van der Waals surface area (Å²) in [6.07, 6.45) is 1.80. The molecule has 3 aromatic rings. The van der Waals surface area contributed by atoms with E-state index in [0.717, 1.165) is 22.4 Å². The summed E-state index contributed by atoms with van der Waals surface area (Å²) in [4.78, 5) is 29.5. The maximum absolute atomic E-state index is 12.3. The molecular weight excluding hydrogens is 488 g/mol. The molecule has 1 N–H and O–H groups in total. The molecule has 0 fully saturated rings. The number of nitrogens with one attached hydrogen (secondary N) is 1. The van der Waals surface area contributed by atoms with Crippen LogP contribution in [0.4, 0.5) is 0 Å².